The van der Waals surface area contributed by atoms with Crippen molar-refractivity contribution in [1.29, 1.82) is 0 Å². The van der Waals surface area contributed by atoms with Gasteiger partial charge in [0.25, 0.3) is 0 Å². The summed E-state index contributed by atoms with van der Waals surface area (Å²) in [6.07, 6.45) is 4.77. The summed E-state index contributed by atoms with van der Waals surface area (Å²) in [5, 5.41) is 8.53. The summed E-state index contributed by atoms with van der Waals surface area (Å²) >= 11 is 0. The molecule has 0 amide bonds. The third kappa shape index (κ3) is 7.22. The Kier molecular flexibility index (Phi) is 5.70. The zero-order valence-electron chi connectivity index (χ0n) is 6.79. The van der Waals surface area contributed by atoms with Gasteiger partial charge in [-0.15, -0.1) is 0 Å². The highest BCUT2D eigenvalue weighted by molar-refractivity contribution is 5.87. The summed E-state index contributed by atoms with van der Waals surface area (Å²) < 4.78 is 0. The molecule has 0 aliphatic heterocycles. The molecule has 3 N–H and O–H groups in total. The Labute approximate surface area is 66.9 Å². The standard InChI is InChI=1S/C8H15NO2/c1-7(11)4-2-3-5-8(9)6-10/h2,4,8,10H,3,5-6,9H2,1H3/b4-2+/t8-/m1/s1. The molecule has 0 heterocycles. The Balaban J connectivity index is 3.33. The van der Waals surface area contributed by atoms with Gasteiger partial charge in [0.15, 0.2) is 5.78 Å². The van der Waals surface area contributed by atoms with E-state index in [0.717, 1.165) is 12.8 Å². The van der Waals surface area contributed by atoms with Crippen LogP contribution in [0.4, 0.5) is 0 Å². The molecule has 3 heteroatoms. The van der Waals surface area contributed by atoms with Gasteiger partial charge in [0.2, 0.25) is 0 Å². The molecule has 1 atom stereocenters. The molecule has 0 aliphatic carbocycles. The van der Waals surface area contributed by atoms with E-state index < -0.39 is 0 Å². The van der Waals surface area contributed by atoms with Crippen LogP contribution < -0.4 is 5.73 Å². The molecule has 0 unspecified atom stereocenters. The van der Waals surface area contributed by atoms with Crippen LogP contribution >= 0.6 is 0 Å². The van der Waals surface area contributed by atoms with E-state index in [1.165, 1.54) is 13.0 Å². The lowest BCUT2D eigenvalue weighted by Gasteiger charge is -2.03. The molecule has 0 aromatic rings. The van der Waals surface area contributed by atoms with Gasteiger partial charge in [0.1, 0.15) is 0 Å². The topological polar surface area (TPSA) is 63.3 Å². The lowest BCUT2D eigenvalue weighted by Crippen LogP contribution is -2.23. The van der Waals surface area contributed by atoms with Crippen LogP contribution in [0, 0.1) is 0 Å². The molecule has 0 spiro atoms. The van der Waals surface area contributed by atoms with Crippen molar-refractivity contribution in [1.82, 2.24) is 0 Å². The molecule has 0 radical (unpaired) electrons. The van der Waals surface area contributed by atoms with Gasteiger partial charge < -0.3 is 10.8 Å². The molecule has 0 aromatic heterocycles. The second-order valence-corrected chi connectivity index (χ2v) is 2.53. The molecule has 0 fully saturated rings. The van der Waals surface area contributed by atoms with E-state index in [4.69, 9.17) is 10.8 Å². The number of aliphatic hydroxyl groups is 1. The molecular formula is C8H15NO2. The monoisotopic (exact) mass is 157 g/mol. The van der Waals surface area contributed by atoms with Crippen molar-refractivity contribution < 1.29 is 9.90 Å². The van der Waals surface area contributed by atoms with E-state index in [1.54, 1.807) is 6.08 Å². The molecule has 3 nitrogen and oxygen atoms in total. The fraction of sp³-hybridized carbons (Fsp3) is 0.625. The summed E-state index contributed by atoms with van der Waals surface area (Å²) in [5.41, 5.74) is 5.42. The molecule has 0 bridgehead atoms. The first-order valence-corrected chi connectivity index (χ1v) is 3.70. The quantitative estimate of drug-likeness (QED) is 0.561. The van der Waals surface area contributed by atoms with Crippen molar-refractivity contribution in [2.45, 2.75) is 25.8 Å². The van der Waals surface area contributed by atoms with Gasteiger partial charge in [-0.3, -0.25) is 4.79 Å². The minimum absolute atomic E-state index is 0.00785. The molecule has 0 saturated carbocycles. The first-order chi connectivity index (χ1) is 5.16. The number of ketones is 1. The number of nitrogens with two attached hydrogens (primary N) is 1. The summed E-state index contributed by atoms with van der Waals surface area (Å²) in [4.78, 5) is 10.4. The maximum absolute atomic E-state index is 10.4. The number of hydrogen-bond acceptors (Lipinski definition) is 3. The van der Waals surface area contributed by atoms with Crippen LogP contribution in [0.15, 0.2) is 12.2 Å². The van der Waals surface area contributed by atoms with Gasteiger partial charge >= 0.3 is 0 Å². The number of hydrogen-bond donors (Lipinski definition) is 2. The van der Waals surface area contributed by atoms with E-state index in [9.17, 15) is 4.79 Å². The van der Waals surface area contributed by atoms with Crippen LogP contribution in [0.25, 0.3) is 0 Å². The average molecular weight is 157 g/mol. The van der Waals surface area contributed by atoms with Crippen LogP contribution in [0.2, 0.25) is 0 Å². The Morgan fingerprint density at radius 3 is 2.82 bits per heavy atom. The van der Waals surface area contributed by atoms with Crippen LogP contribution in [0.3, 0.4) is 0 Å². The lowest BCUT2D eigenvalue weighted by molar-refractivity contribution is -0.112. The summed E-state index contributed by atoms with van der Waals surface area (Å²) in [6.45, 7) is 1.51. The highest BCUT2D eigenvalue weighted by atomic mass is 16.3. The third-order valence-corrected chi connectivity index (χ3v) is 1.29. The van der Waals surface area contributed by atoms with Crippen molar-refractivity contribution in [2.24, 2.45) is 5.73 Å². The molecule has 0 saturated heterocycles. The van der Waals surface area contributed by atoms with Gasteiger partial charge in [-0.1, -0.05) is 6.08 Å². The number of allylic oxidation sites excluding steroid dienone is 2. The van der Waals surface area contributed by atoms with Gasteiger partial charge in [-0.25, -0.2) is 0 Å². The van der Waals surface area contributed by atoms with Gasteiger partial charge in [0.05, 0.1) is 6.61 Å². The van der Waals surface area contributed by atoms with E-state index in [2.05, 4.69) is 0 Å². The molecule has 0 rings (SSSR count). The number of rotatable bonds is 5. The summed E-state index contributed by atoms with van der Waals surface area (Å²) in [6, 6.07) is -0.161. The highest BCUT2D eigenvalue weighted by Gasteiger charge is 1.96. The van der Waals surface area contributed by atoms with E-state index in [0.29, 0.717) is 0 Å². The van der Waals surface area contributed by atoms with Crippen LogP contribution in [-0.2, 0) is 4.79 Å². The second-order valence-electron chi connectivity index (χ2n) is 2.53. The predicted octanol–water partition coefficient (Wildman–Crippen LogP) is 0.231. The Morgan fingerprint density at radius 1 is 1.73 bits per heavy atom. The summed E-state index contributed by atoms with van der Waals surface area (Å²) in [7, 11) is 0. The van der Waals surface area contributed by atoms with Crippen molar-refractivity contribution in [3.05, 3.63) is 12.2 Å². The van der Waals surface area contributed by atoms with Gasteiger partial charge in [-0.2, -0.15) is 0 Å². The average Bonchev–Trinajstić information content (AvgIpc) is 1.97. The first-order valence-electron chi connectivity index (χ1n) is 3.70. The first kappa shape index (κ1) is 10.3. The maximum Gasteiger partial charge on any atom is 0.152 e. The number of aliphatic hydroxyl groups excluding tert-OH is 1. The van der Waals surface area contributed by atoms with E-state index in [1.807, 2.05) is 0 Å². The Bertz CT molecular complexity index is 143. The Hall–Kier alpha value is -0.670. The molecule has 64 valence electrons. The van der Waals surface area contributed by atoms with E-state index in [-0.39, 0.29) is 18.4 Å². The second kappa shape index (κ2) is 6.07. The number of carbonyl (C=O) groups is 1. The normalized spacial score (nSPS) is 13.7. The zero-order valence-corrected chi connectivity index (χ0v) is 6.79. The van der Waals surface area contributed by atoms with Gasteiger partial charge in [0, 0.05) is 6.04 Å². The summed E-state index contributed by atoms with van der Waals surface area (Å²) in [5.74, 6) is 0.0440. The molecule has 0 aliphatic rings. The van der Waals surface area contributed by atoms with Crippen LogP contribution in [-0.4, -0.2) is 23.5 Å². The largest absolute Gasteiger partial charge is 0.395 e. The van der Waals surface area contributed by atoms with Crippen molar-refractivity contribution >= 4 is 5.78 Å². The smallest absolute Gasteiger partial charge is 0.152 e. The van der Waals surface area contributed by atoms with Crippen molar-refractivity contribution in [3.8, 4) is 0 Å². The van der Waals surface area contributed by atoms with Crippen LogP contribution in [0.1, 0.15) is 19.8 Å². The molecule has 11 heavy (non-hydrogen) atoms. The fourth-order valence-corrected chi connectivity index (χ4v) is 0.651. The number of carbonyl (C=O) groups excluding carboxylic acids is 1. The van der Waals surface area contributed by atoms with Gasteiger partial charge in [-0.05, 0) is 25.8 Å². The molecular weight excluding hydrogens is 142 g/mol. The SMILES string of the molecule is CC(=O)/C=C/CC[C@@H](N)CO. The zero-order chi connectivity index (χ0) is 8.69. The fourth-order valence-electron chi connectivity index (χ4n) is 0.651. The minimum atomic E-state index is -0.161. The van der Waals surface area contributed by atoms with E-state index >= 15 is 0 Å². The van der Waals surface area contributed by atoms with Crippen LogP contribution in [0.5, 0.6) is 0 Å². The Morgan fingerprint density at radius 2 is 2.36 bits per heavy atom. The van der Waals surface area contributed by atoms with Crippen molar-refractivity contribution in [2.75, 3.05) is 6.61 Å². The maximum atomic E-state index is 10.4. The lowest BCUT2D eigenvalue weighted by atomic mass is 10.1. The minimum Gasteiger partial charge on any atom is -0.395 e. The third-order valence-electron chi connectivity index (χ3n) is 1.29. The highest BCUT2D eigenvalue weighted by Crippen LogP contribution is 1.94. The predicted molar refractivity (Wildman–Crippen MR) is 44.1 cm³/mol. The molecule has 0 aromatic carbocycles. The van der Waals surface area contributed by atoms with Crippen molar-refractivity contribution in [3.63, 3.8) is 0 Å².